The molecule has 9 heavy (non-hydrogen) atoms. The molecule has 0 amide bonds. The van der Waals surface area contributed by atoms with Crippen molar-refractivity contribution in [3.63, 3.8) is 0 Å². The first-order valence-corrected chi connectivity index (χ1v) is 2.68. The molecule has 52 valence electrons. The molecule has 0 aromatic heterocycles. The molecule has 3 nitrogen and oxygen atoms in total. The van der Waals surface area contributed by atoms with Crippen molar-refractivity contribution < 1.29 is 0 Å². The molecule has 0 spiro atoms. The van der Waals surface area contributed by atoms with E-state index in [2.05, 4.69) is 4.99 Å². The standard InChI is InChI=1S/C5H9N3.HI/c6-5(7)4-2-1-3-8-4;/h1-3H2,(H3,6,7);1H. The predicted molar refractivity (Wildman–Crippen MR) is 48.9 cm³/mol. The highest BCUT2D eigenvalue weighted by molar-refractivity contribution is 14.0. The molecule has 0 saturated heterocycles. The molecular formula is C5H10IN3. The van der Waals surface area contributed by atoms with Crippen LogP contribution in [0.2, 0.25) is 0 Å². The number of nitrogens with zero attached hydrogens (tertiary/aromatic N) is 1. The lowest BCUT2D eigenvalue weighted by atomic mass is 10.2. The second-order valence-electron chi connectivity index (χ2n) is 1.85. The Labute approximate surface area is 71.3 Å². The summed E-state index contributed by atoms with van der Waals surface area (Å²) in [6.07, 6.45) is 1.96. The van der Waals surface area contributed by atoms with E-state index in [4.69, 9.17) is 11.1 Å². The lowest BCUT2D eigenvalue weighted by molar-refractivity contribution is 0.951. The molecule has 0 saturated carbocycles. The summed E-state index contributed by atoms with van der Waals surface area (Å²) < 4.78 is 0. The number of hydrogen-bond donors (Lipinski definition) is 2. The van der Waals surface area contributed by atoms with Gasteiger partial charge < -0.3 is 5.73 Å². The molecule has 0 atom stereocenters. The van der Waals surface area contributed by atoms with Gasteiger partial charge in [-0.25, -0.2) is 0 Å². The first kappa shape index (κ1) is 8.87. The molecule has 0 aromatic rings. The van der Waals surface area contributed by atoms with Crippen molar-refractivity contribution in [2.75, 3.05) is 6.54 Å². The van der Waals surface area contributed by atoms with E-state index in [1.54, 1.807) is 0 Å². The SMILES string of the molecule is I.N=C(N)C1=NCCC1. The van der Waals surface area contributed by atoms with E-state index in [-0.39, 0.29) is 29.8 Å². The Balaban J connectivity index is 0.000000640. The van der Waals surface area contributed by atoms with Crippen molar-refractivity contribution in [1.29, 1.82) is 5.41 Å². The van der Waals surface area contributed by atoms with Crippen LogP contribution >= 0.6 is 24.0 Å². The molecular weight excluding hydrogens is 229 g/mol. The fourth-order valence-electron chi connectivity index (χ4n) is 0.759. The summed E-state index contributed by atoms with van der Waals surface area (Å²) in [6, 6.07) is 0. The highest BCUT2D eigenvalue weighted by Crippen LogP contribution is 2.02. The van der Waals surface area contributed by atoms with E-state index < -0.39 is 0 Å². The van der Waals surface area contributed by atoms with E-state index in [0.29, 0.717) is 0 Å². The topological polar surface area (TPSA) is 62.2 Å². The Bertz CT molecular complexity index is 141. The van der Waals surface area contributed by atoms with Gasteiger partial charge in [0.15, 0.2) is 0 Å². The van der Waals surface area contributed by atoms with Crippen LogP contribution in [0.15, 0.2) is 4.99 Å². The summed E-state index contributed by atoms with van der Waals surface area (Å²) in [5, 5.41) is 6.94. The minimum atomic E-state index is 0. The minimum absolute atomic E-state index is 0. The number of amidine groups is 1. The zero-order chi connectivity index (χ0) is 5.98. The van der Waals surface area contributed by atoms with Crippen molar-refractivity contribution in [3.05, 3.63) is 0 Å². The Kier molecular flexibility index (Phi) is 3.76. The fraction of sp³-hybridized carbons (Fsp3) is 0.600. The monoisotopic (exact) mass is 239 g/mol. The van der Waals surface area contributed by atoms with Crippen LogP contribution in [-0.4, -0.2) is 18.1 Å². The molecule has 0 bridgehead atoms. The Morgan fingerprint density at radius 1 is 1.67 bits per heavy atom. The third kappa shape index (κ3) is 2.30. The van der Waals surface area contributed by atoms with Gasteiger partial charge in [0.1, 0.15) is 5.84 Å². The van der Waals surface area contributed by atoms with Crippen LogP contribution in [0.4, 0.5) is 0 Å². The van der Waals surface area contributed by atoms with Crippen LogP contribution in [0.3, 0.4) is 0 Å². The van der Waals surface area contributed by atoms with Crippen LogP contribution in [0, 0.1) is 5.41 Å². The second-order valence-corrected chi connectivity index (χ2v) is 1.85. The van der Waals surface area contributed by atoms with E-state index >= 15 is 0 Å². The Morgan fingerprint density at radius 2 is 2.33 bits per heavy atom. The number of nitrogens with two attached hydrogens (primary N) is 1. The first-order valence-electron chi connectivity index (χ1n) is 2.68. The van der Waals surface area contributed by atoms with Gasteiger partial charge in [-0.15, -0.1) is 24.0 Å². The molecule has 0 aromatic carbocycles. The maximum Gasteiger partial charge on any atom is 0.137 e. The minimum Gasteiger partial charge on any atom is -0.383 e. The lowest BCUT2D eigenvalue weighted by Crippen LogP contribution is -2.19. The maximum atomic E-state index is 6.94. The van der Waals surface area contributed by atoms with Crippen LogP contribution in [0.25, 0.3) is 0 Å². The van der Waals surface area contributed by atoms with Gasteiger partial charge >= 0.3 is 0 Å². The third-order valence-corrected chi connectivity index (χ3v) is 1.19. The first-order chi connectivity index (χ1) is 3.80. The summed E-state index contributed by atoms with van der Waals surface area (Å²) in [6.45, 7) is 0.856. The summed E-state index contributed by atoms with van der Waals surface area (Å²) in [5.74, 6) is 0.141. The number of hydrogen-bond acceptors (Lipinski definition) is 2. The molecule has 0 radical (unpaired) electrons. The van der Waals surface area contributed by atoms with Crippen LogP contribution in [0.5, 0.6) is 0 Å². The van der Waals surface area contributed by atoms with Crippen molar-refractivity contribution in [1.82, 2.24) is 0 Å². The normalized spacial score (nSPS) is 16.2. The number of rotatable bonds is 1. The van der Waals surface area contributed by atoms with Gasteiger partial charge in [-0.05, 0) is 12.8 Å². The van der Waals surface area contributed by atoms with Gasteiger partial charge in [0.25, 0.3) is 0 Å². The largest absolute Gasteiger partial charge is 0.383 e. The smallest absolute Gasteiger partial charge is 0.137 e. The lowest BCUT2D eigenvalue weighted by Gasteiger charge is -1.90. The molecule has 0 fully saturated rings. The van der Waals surface area contributed by atoms with E-state index in [1.807, 2.05) is 0 Å². The molecule has 1 aliphatic heterocycles. The summed E-state index contributed by atoms with van der Waals surface area (Å²) >= 11 is 0. The number of halogens is 1. The quantitative estimate of drug-likeness (QED) is 0.396. The summed E-state index contributed by atoms with van der Waals surface area (Å²) in [4.78, 5) is 4.00. The van der Waals surface area contributed by atoms with Crippen molar-refractivity contribution in [2.45, 2.75) is 12.8 Å². The average molecular weight is 239 g/mol. The van der Waals surface area contributed by atoms with Crippen LogP contribution in [-0.2, 0) is 0 Å². The zero-order valence-corrected chi connectivity index (χ0v) is 7.38. The Hall–Kier alpha value is -0.130. The molecule has 0 aliphatic carbocycles. The predicted octanol–water partition coefficient (Wildman–Crippen LogP) is 0.775. The van der Waals surface area contributed by atoms with Gasteiger partial charge in [-0.3, -0.25) is 10.4 Å². The zero-order valence-electron chi connectivity index (χ0n) is 5.05. The average Bonchev–Trinajstić information content (AvgIpc) is 2.12. The number of nitrogens with one attached hydrogen (secondary N) is 1. The molecule has 0 unspecified atom stereocenters. The molecule has 3 N–H and O–H groups in total. The number of aliphatic imine (C=N–C) groups is 1. The van der Waals surface area contributed by atoms with Crippen LogP contribution in [0.1, 0.15) is 12.8 Å². The van der Waals surface area contributed by atoms with Gasteiger partial charge in [0.2, 0.25) is 0 Å². The van der Waals surface area contributed by atoms with Gasteiger partial charge in [0, 0.05) is 6.54 Å². The maximum absolute atomic E-state index is 6.94. The molecule has 4 heteroatoms. The molecule has 1 aliphatic rings. The van der Waals surface area contributed by atoms with Gasteiger partial charge in [-0.1, -0.05) is 0 Å². The summed E-state index contributed by atoms with van der Waals surface area (Å²) in [5.41, 5.74) is 5.93. The van der Waals surface area contributed by atoms with E-state index in [1.165, 1.54) is 0 Å². The van der Waals surface area contributed by atoms with E-state index in [9.17, 15) is 0 Å². The summed E-state index contributed by atoms with van der Waals surface area (Å²) in [7, 11) is 0. The van der Waals surface area contributed by atoms with Crippen molar-refractivity contribution in [2.24, 2.45) is 10.7 Å². The second kappa shape index (κ2) is 3.81. The molecule has 1 rings (SSSR count). The van der Waals surface area contributed by atoms with Crippen molar-refractivity contribution in [3.8, 4) is 0 Å². The highest BCUT2D eigenvalue weighted by atomic mass is 127. The van der Waals surface area contributed by atoms with E-state index in [0.717, 1.165) is 25.1 Å². The van der Waals surface area contributed by atoms with Crippen molar-refractivity contribution >= 4 is 35.5 Å². The molecule has 1 heterocycles. The van der Waals surface area contributed by atoms with Gasteiger partial charge in [-0.2, -0.15) is 0 Å². The van der Waals surface area contributed by atoms with Gasteiger partial charge in [0.05, 0.1) is 5.71 Å². The third-order valence-electron chi connectivity index (χ3n) is 1.19. The Morgan fingerprint density at radius 3 is 2.56 bits per heavy atom. The highest BCUT2D eigenvalue weighted by Gasteiger charge is 2.06. The van der Waals surface area contributed by atoms with Crippen LogP contribution < -0.4 is 5.73 Å². The fourth-order valence-corrected chi connectivity index (χ4v) is 0.759.